The molecule has 0 saturated heterocycles. The molecule has 0 atom stereocenters. The molecule has 2 heterocycles. The molecule has 0 amide bonds. The standard InChI is InChI=1S/C13H10N2/c1-2-5-11-10(4-1)7-9-15-13(11)12-6-3-8-14-12/h1-7,9H,8H2. The van der Waals surface area contributed by atoms with Crippen molar-refractivity contribution in [3.63, 3.8) is 0 Å². The number of allylic oxidation sites excluding steroid dienone is 1. The Kier molecular flexibility index (Phi) is 1.85. The van der Waals surface area contributed by atoms with E-state index in [0.29, 0.717) is 0 Å². The van der Waals surface area contributed by atoms with E-state index < -0.39 is 0 Å². The molecular formula is C13H10N2. The van der Waals surface area contributed by atoms with Crippen LogP contribution in [0.15, 0.2) is 53.7 Å². The fraction of sp³-hybridized carbons (Fsp3) is 0.0769. The second-order valence-corrected chi connectivity index (χ2v) is 3.51. The van der Waals surface area contributed by atoms with Crippen molar-refractivity contribution in [1.82, 2.24) is 4.98 Å². The van der Waals surface area contributed by atoms with Gasteiger partial charge in [0.1, 0.15) is 0 Å². The van der Waals surface area contributed by atoms with Gasteiger partial charge in [-0.2, -0.15) is 0 Å². The van der Waals surface area contributed by atoms with Gasteiger partial charge in [0, 0.05) is 11.6 Å². The van der Waals surface area contributed by atoms with E-state index in [4.69, 9.17) is 0 Å². The zero-order valence-corrected chi connectivity index (χ0v) is 8.22. The summed E-state index contributed by atoms with van der Waals surface area (Å²) >= 11 is 0. The van der Waals surface area contributed by atoms with Crippen LogP contribution >= 0.6 is 0 Å². The molecule has 1 aromatic heterocycles. The topological polar surface area (TPSA) is 25.2 Å². The molecule has 0 unspecified atom stereocenters. The minimum atomic E-state index is 0.778. The van der Waals surface area contributed by atoms with Crippen molar-refractivity contribution in [2.75, 3.05) is 6.54 Å². The molecule has 0 aliphatic carbocycles. The normalized spacial score (nSPS) is 14.5. The maximum atomic E-state index is 4.41. The Morgan fingerprint density at radius 3 is 2.87 bits per heavy atom. The summed E-state index contributed by atoms with van der Waals surface area (Å²) in [7, 11) is 0. The fourth-order valence-electron chi connectivity index (χ4n) is 1.85. The number of nitrogens with zero attached hydrogens (tertiary/aromatic N) is 2. The Morgan fingerprint density at radius 1 is 1.07 bits per heavy atom. The van der Waals surface area contributed by atoms with Crippen LogP contribution in [0.5, 0.6) is 0 Å². The minimum absolute atomic E-state index is 0.778. The summed E-state index contributed by atoms with van der Waals surface area (Å²) in [5.41, 5.74) is 1.98. The minimum Gasteiger partial charge on any atom is -0.279 e. The first kappa shape index (κ1) is 8.36. The molecule has 0 spiro atoms. The molecule has 2 heteroatoms. The van der Waals surface area contributed by atoms with Gasteiger partial charge in [0.2, 0.25) is 0 Å². The van der Waals surface area contributed by atoms with Gasteiger partial charge < -0.3 is 0 Å². The molecule has 1 aliphatic heterocycles. The molecule has 2 nitrogen and oxygen atoms in total. The van der Waals surface area contributed by atoms with E-state index in [9.17, 15) is 0 Å². The van der Waals surface area contributed by atoms with Crippen LogP contribution in [-0.4, -0.2) is 17.2 Å². The average Bonchev–Trinajstić information content (AvgIpc) is 2.82. The van der Waals surface area contributed by atoms with Crippen molar-refractivity contribution in [2.24, 2.45) is 4.99 Å². The Bertz CT molecular complexity index is 562. The summed E-state index contributed by atoms with van der Waals surface area (Å²) in [4.78, 5) is 8.81. The molecule has 0 N–H and O–H groups in total. The summed E-state index contributed by atoms with van der Waals surface area (Å²) in [5.74, 6) is 0. The van der Waals surface area contributed by atoms with Gasteiger partial charge in [0.25, 0.3) is 0 Å². The third-order valence-corrected chi connectivity index (χ3v) is 2.56. The van der Waals surface area contributed by atoms with Gasteiger partial charge in [-0.05, 0) is 17.5 Å². The van der Waals surface area contributed by atoms with Crippen molar-refractivity contribution in [3.8, 4) is 0 Å². The molecule has 0 radical (unpaired) electrons. The Labute approximate surface area is 88.0 Å². The summed E-state index contributed by atoms with van der Waals surface area (Å²) in [5, 5.41) is 2.39. The summed E-state index contributed by atoms with van der Waals surface area (Å²) in [6.45, 7) is 0.778. The summed E-state index contributed by atoms with van der Waals surface area (Å²) in [6.07, 6.45) is 5.93. The lowest BCUT2D eigenvalue weighted by Gasteiger charge is -2.03. The molecule has 0 saturated carbocycles. The van der Waals surface area contributed by atoms with Crippen LogP contribution in [0, 0.1) is 0 Å². The predicted octanol–water partition coefficient (Wildman–Crippen LogP) is 2.59. The number of fused-ring (bicyclic) bond motifs is 1. The quantitative estimate of drug-likeness (QED) is 0.685. The number of aliphatic imine (C=N–C) groups is 1. The average molecular weight is 194 g/mol. The number of hydrogen-bond donors (Lipinski definition) is 0. The lowest BCUT2D eigenvalue weighted by atomic mass is 10.1. The Morgan fingerprint density at radius 2 is 2.00 bits per heavy atom. The highest BCUT2D eigenvalue weighted by Crippen LogP contribution is 2.18. The maximum absolute atomic E-state index is 4.41. The number of pyridine rings is 1. The highest BCUT2D eigenvalue weighted by Gasteiger charge is 2.08. The smallest absolute Gasteiger partial charge is 0.0959 e. The van der Waals surface area contributed by atoms with Crippen LogP contribution in [0.3, 0.4) is 0 Å². The Balaban J connectivity index is 2.30. The highest BCUT2D eigenvalue weighted by molar-refractivity contribution is 6.15. The molecule has 0 fully saturated rings. The van der Waals surface area contributed by atoms with E-state index in [1.165, 1.54) is 10.8 Å². The number of benzene rings is 1. The summed E-state index contributed by atoms with van der Waals surface area (Å²) < 4.78 is 0. The molecule has 3 rings (SSSR count). The molecule has 0 bridgehead atoms. The first-order chi connectivity index (χ1) is 7.45. The number of aromatic nitrogens is 1. The van der Waals surface area contributed by atoms with Gasteiger partial charge in [0.15, 0.2) is 0 Å². The third-order valence-electron chi connectivity index (χ3n) is 2.56. The molecule has 2 aromatic rings. The van der Waals surface area contributed by atoms with E-state index >= 15 is 0 Å². The van der Waals surface area contributed by atoms with Crippen molar-refractivity contribution in [1.29, 1.82) is 0 Å². The first-order valence-electron chi connectivity index (χ1n) is 5.00. The maximum Gasteiger partial charge on any atom is 0.0959 e. The van der Waals surface area contributed by atoms with Crippen LogP contribution < -0.4 is 0 Å². The predicted molar refractivity (Wildman–Crippen MR) is 62.3 cm³/mol. The fourth-order valence-corrected chi connectivity index (χ4v) is 1.85. The molecule has 15 heavy (non-hydrogen) atoms. The molecule has 1 aliphatic rings. The van der Waals surface area contributed by atoms with Gasteiger partial charge in [0.05, 0.1) is 18.0 Å². The van der Waals surface area contributed by atoms with E-state index in [1.807, 2.05) is 30.5 Å². The second kappa shape index (κ2) is 3.31. The van der Waals surface area contributed by atoms with Crippen LogP contribution in [-0.2, 0) is 0 Å². The monoisotopic (exact) mass is 194 g/mol. The van der Waals surface area contributed by atoms with Crippen LogP contribution in [0.4, 0.5) is 0 Å². The van der Waals surface area contributed by atoms with Gasteiger partial charge in [-0.25, -0.2) is 0 Å². The summed E-state index contributed by atoms with van der Waals surface area (Å²) in [6, 6.07) is 10.3. The lowest BCUT2D eigenvalue weighted by Crippen LogP contribution is -1.98. The number of rotatable bonds is 1. The third kappa shape index (κ3) is 1.34. The Hall–Kier alpha value is -1.96. The van der Waals surface area contributed by atoms with E-state index in [-0.39, 0.29) is 0 Å². The van der Waals surface area contributed by atoms with Gasteiger partial charge in [-0.15, -0.1) is 0 Å². The molecular weight excluding hydrogens is 184 g/mol. The van der Waals surface area contributed by atoms with E-state index in [0.717, 1.165) is 18.0 Å². The van der Waals surface area contributed by atoms with Crippen LogP contribution in [0.2, 0.25) is 0 Å². The van der Waals surface area contributed by atoms with Gasteiger partial charge in [-0.3, -0.25) is 9.98 Å². The van der Waals surface area contributed by atoms with Crippen molar-refractivity contribution in [3.05, 3.63) is 54.4 Å². The zero-order valence-electron chi connectivity index (χ0n) is 8.22. The lowest BCUT2D eigenvalue weighted by molar-refractivity contribution is 1.26. The first-order valence-corrected chi connectivity index (χ1v) is 5.00. The van der Waals surface area contributed by atoms with Gasteiger partial charge in [-0.1, -0.05) is 30.3 Å². The van der Waals surface area contributed by atoms with Crippen molar-refractivity contribution in [2.45, 2.75) is 0 Å². The molecule has 72 valence electrons. The van der Waals surface area contributed by atoms with E-state index in [1.54, 1.807) is 0 Å². The SMILES string of the molecule is C1=CC(c2nccc3ccccc23)=NC1. The highest BCUT2D eigenvalue weighted by atomic mass is 14.8. The van der Waals surface area contributed by atoms with E-state index in [2.05, 4.69) is 28.2 Å². The van der Waals surface area contributed by atoms with Gasteiger partial charge >= 0.3 is 0 Å². The largest absolute Gasteiger partial charge is 0.279 e. The van der Waals surface area contributed by atoms with Crippen LogP contribution in [0.1, 0.15) is 5.69 Å². The second-order valence-electron chi connectivity index (χ2n) is 3.51. The zero-order chi connectivity index (χ0) is 10.1. The van der Waals surface area contributed by atoms with Crippen molar-refractivity contribution < 1.29 is 0 Å². The molecule has 1 aromatic carbocycles. The van der Waals surface area contributed by atoms with Crippen LogP contribution in [0.25, 0.3) is 10.8 Å². The number of hydrogen-bond acceptors (Lipinski definition) is 2. The van der Waals surface area contributed by atoms with Crippen molar-refractivity contribution >= 4 is 16.5 Å².